The fourth-order valence-electron chi connectivity index (χ4n) is 0.479. The van der Waals surface area contributed by atoms with Crippen LogP contribution in [0, 0.1) is 5.41 Å². The molecule has 82 valence electrons. The molecule has 0 saturated heterocycles. The van der Waals surface area contributed by atoms with Gasteiger partial charge in [-0.25, -0.2) is 4.79 Å². The van der Waals surface area contributed by atoms with Gasteiger partial charge in [0.25, 0.3) is 0 Å². The Labute approximate surface area is 81.1 Å². The third kappa shape index (κ3) is 3.06. The summed E-state index contributed by atoms with van der Waals surface area (Å²) in [5, 5.41) is 26.3. The molecule has 0 amide bonds. The van der Waals surface area contributed by atoms with Crippen molar-refractivity contribution in [1.82, 2.24) is 0 Å². The van der Waals surface area contributed by atoms with Crippen molar-refractivity contribution in [2.45, 2.75) is 20.0 Å². The summed E-state index contributed by atoms with van der Waals surface area (Å²) in [5.74, 6) is -2.17. The van der Waals surface area contributed by atoms with E-state index in [1.165, 1.54) is 6.92 Å². The number of carbonyl (C=O) groups is 2. The highest BCUT2D eigenvalue weighted by molar-refractivity contribution is 5.90. The largest absolute Gasteiger partial charge is 0.395 e. The molecular weight excluding hydrogens is 192 g/mol. The topological polar surface area (TPSA) is 104 Å². The number of hydrogen-bond donors (Lipinski definition) is 3. The van der Waals surface area contributed by atoms with Gasteiger partial charge in [0.05, 0.1) is 13.2 Å². The minimum absolute atomic E-state index is 0.643. The zero-order chi connectivity index (χ0) is 11.4. The van der Waals surface area contributed by atoms with Gasteiger partial charge in [-0.2, -0.15) is 0 Å². The lowest BCUT2D eigenvalue weighted by Gasteiger charge is -2.21. The Balaban J connectivity index is 4.40. The molecule has 0 heterocycles. The Bertz CT molecular complexity index is 218. The lowest BCUT2D eigenvalue weighted by atomic mass is 9.93. The lowest BCUT2D eigenvalue weighted by molar-refractivity contribution is -0.174. The van der Waals surface area contributed by atoms with Gasteiger partial charge in [0.1, 0.15) is 11.5 Å². The predicted octanol–water partition coefficient (Wildman–Crippen LogP) is -1.57. The summed E-state index contributed by atoms with van der Waals surface area (Å²) in [6.45, 7) is 1.10. The minimum atomic E-state index is -1.52. The van der Waals surface area contributed by atoms with Crippen LogP contribution in [0.4, 0.5) is 0 Å². The molecule has 0 radical (unpaired) electrons. The minimum Gasteiger partial charge on any atom is -0.395 e. The van der Waals surface area contributed by atoms with Gasteiger partial charge in [0.15, 0.2) is 0 Å². The normalized spacial score (nSPS) is 13.5. The smallest absolute Gasteiger partial charge is 0.342 e. The first-order valence-corrected chi connectivity index (χ1v) is 4.03. The molecule has 0 aromatic heterocycles. The first-order chi connectivity index (χ1) is 6.37. The molecule has 6 nitrogen and oxygen atoms in total. The molecule has 6 heteroatoms. The van der Waals surface area contributed by atoms with Gasteiger partial charge < -0.3 is 20.1 Å². The summed E-state index contributed by atoms with van der Waals surface area (Å²) < 4.78 is 4.21. The van der Waals surface area contributed by atoms with Crippen LogP contribution >= 0.6 is 0 Å². The van der Waals surface area contributed by atoms with E-state index in [4.69, 9.17) is 15.3 Å². The predicted molar refractivity (Wildman–Crippen MR) is 45.1 cm³/mol. The number of aliphatic hydroxyl groups is 3. The number of rotatable bonds is 4. The number of hydrogen-bond acceptors (Lipinski definition) is 6. The van der Waals surface area contributed by atoms with E-state index in [1.807, 2.05) is 0 Å². The maximum atomic E-state index is 11.2. The lowest BCUT2D eigenvalue weighted by Crippen LogP contribution is -2.39. The molecule has 0 aromatic carbocycles. The fraction of sp³-hybridized carbons (Fsp3) is 0.750. The fourth-order valence-corrected chi connectivity index (χ4v) is 0.479. The molecular formula is C8H14O6. The summed E-state index contributed by atoms with van der Waals surface area (Å²) >= 11 is 0. The molecule has 1 unspecified atom stereocenters. The SMILES string of the molecule is CC(O)C(=O)OC(=O)C(C)(CO)CO. The molecule has 0 rings (SSSR count). The van der Waals surface area contributed by atoms with Crippen molar-refractivity contribution in [2.75, 3.05) is 13.2 Å². The van der Waals surface area contributed by atoms with Crippen molar-refractivity contribution in [3.8, 4) is 0 Å². The first kappa shape index (κ1) is 13.0. The van der Waals surface area contributed by atoms with Gasteiger partial charge in [-0.15, -0.1) is 0 Å². The first-order valence-electron chi connectivity index (χ1n) is 4.03. The van der Waals surface area contributed by atoms with Crippen LogP contribution in [0.25, 0.3) is 0 Å². The molecule has 0 aromatic rings. The molecule has 3 N–H and O–H groups in total. The van der Waals surface area contributed by atoms with Crippen LogP contribution in [0.1, 0.15) is 13.8 Å². The highest BCUT2D eigenvalue weighted by Gasteiger charge is 2.35. The van der Waals surface area contributed by atoms with Crippen LogP contribution in [0.15, 0.2) is 0 Å². The van der Waals surface area contributed by atoms with Crippen molar-refractivity contribution in [3.05, 3.63) is 0 Å². The van der Waals surface area contributed by atoms with Gasteiger partial charge >= 0.3 is 11.9 Å². The zero-order valence-electron chi connectivity index (χ0n) is 8.06. The molecule has 0 aliphatic rings. The Morgan fingerprint density at radius 2 is 1.79 bits per heavy atom. The van der Waals surface area contributed by atoms with Crippen LogP contribution in [0.3, 0.4) is 0 Å². The molecule has 0 saturated carbocycles. The van der Waals surface area contributed by atoms with Crippen molar-refractivity contribution in [2.24, 2.45) is 5.41 Å². The number of ether oxygens (including phenoxy) is 1. The summed E-state index contributed by atoms with van der Waals surface area (Å²) in [6, 6.07) is 0. The Hall–Kier alpha value is -0.980. The Morgan fingerprint density at radius 1 is 1.36 bits per heavy atom. The molecule has 1 atom stereocenters. The molecule has 0 aliphatic carbocycles. The second kappa shape index (κ2) is 5.04. The van der Waals surface area contributed by atoms with Crippen LogP contribution in [0.5, 0.6) is 0 Å². The second-order valence-corrected chi connectivity index (χ2v) is 3.26. The van der Waals surface area contributed by atoms with E-state index >= 15 is 0 Å². The standard InChI is InChI=1S/C8H14O6/c1-5(11)6(12)14-7(13)8(2,3-9)4-10/h5,9-11H,3-4H2,1-2H3. The van der Waals surface area contributed by atoms with Crippen LogP contribution in [-0.4, -0.2) is 46.6 Å². The van der Waals surface area contributed by atoms with Gasteiger partial charge in [0, 0.05) is 0 Å². The van der Waals surface area contributed by atoms with E-state index in [1.54, 1.807) is 0 Å². The van der Waals surface area contributed by atoms with Crippen LogP contribution < -0.4 is 0 Å². The van der Waals surface area contributed by atoms with Gasteiger partial charge in [-0.1, -0.05) is 0 Å². The van der Waals surface area contributed by atoms with Crippen LogP contribution in [-0.2, 0) is 14.3 Å². The third-order valence-corrected chi connectivity index (χ3v) is 1.73. The molecule has 0 spiro atoms. The second-order valence-electron chi connectivity index (χ2n) is 3.26. The van der Waals surface area contributed by atoms with E-state index < -0.39 is 36.7 Å². The van der Waals surface area contributed by atoms with E-state index in [9.17, 15) is 9.59 Å². The highest BCUT2D eigenvalue weighted by Crippen LogP contribution is 2.16. The quantitative estimate of drug-likeness (QED) is 0.379. The maximum absolute atomic E-state index is 11.2. The average Bonchev–Trinajstić information content (AvgIpc) is 2.16. The van der Waals surface area contributed by atoms with E-state index in [-0.39, 0.29) is 0 Å². The van der Waals surface area contributed by atoms with E-state index in [0.29, 0.717) is 0 Å². The summed E-state index contributed by atoms with van der Waals surface area (Å²) in [6.07, 6.45) is -1.42. The van der Waals surface area contributed by atoms with Crippen molar-refractivity contribution in [1.29, 1.82) is 0 Å². The summed E-state index contributed by atoms with van der Waals surface area (Å²) in [7, 11) is 0. The Kier molecular flexibility index (Phi) is 4.69. The summed E-state index contributed by atoms with van der Waals surface area (Å²) in [4.78, 5) is 21.9. The summed E-state index contributed by atoms with van der Waals surface area (Å²) in [5.41, 5.74) is -1.52. The Morgan fingerprint density at radius 3 is 2.07 bits per heavy atom. The van der Waals surface area contributed by atoms with Gasteiger partial charge in [0.2, 0.25) is 0 Å². The van der Waals surface area contributed by atoms with E-state index in [2.05, 4.69) is 4.74 Å². The maximum Gasteiger partial charge on any atom is 0.342 e. The number of carbonyl (C=O) groups excluding carboxylic acids is 2. The van der Waals surface area contributed by atoms with Crippen molar-refractivity contribution >= 4 is 11.9 Å². The molecule has 14 heavy (non-hydrogen) atoms. The highest BCUT2D eigenvalue weighted by atomic mass is 16.6. The monoisotopic (exact) mass is 206 g/mol. The molecule has 0 bridgehead atoms. The number of esters is 2. The van der Waals surface area contributed by atoms with E-state index in [0.717, 1.165) is 6.92 Å². The van der Waals surface area contributed by atoms with Crippen molar-refractivity contribution < 1.29 is 29.6 Å². The van der Waals surface area contributed by atoms with Crippen molar-refractivity contribution in [3.63, 3.8) is 0 Å². The zero-order valence-corrected chi connectivity index (χ0v) is 8.06. The van der Waals surface area contributed by atoms with Gasteiger partial charge in [-0.3, -0.25) is 4.79 Å². The molecule has 0 aliphatic heterocycles. The van der Waals surface area contributed by atoms with Gasteiger partial charge in [-0.05, 0) is 13.8 Å². The number of aliphatic hydroxyl groups excluding tert-OH is 3. The molecule has 0 fully saturated rings. The average molecular weight is 206 g/mol. The third-order valence-electron chi connectivity index (χ3n) is 1.73. The van der Waals surface area contributed by atoms with Crippen LogP contribution in [0.2, 0.25) is 0 Å².